The van der Waals surface area contributed by atoms with Gasteiger partial charge in [0.25, 0.3) is 0 Å². The Kier molecular flexibility index (Phi) is 8.37. The van der Waals surface area contributed by atoms with Gasteiger partial charge in [0.05, 0.1) is 12.7 Å². The Morgan fingerprint density at radius 2 is 2.16 bits per heavy atom. The molecule has 0 saturated carbocycles. The maximum Gasteiger partial charge on any atom is 0.194 e. The number of halogens is 3. The third-order valence-corrected chi connectivity index (χ3v) is 4.93. The zero-order valence-corrected chi connectivity index (χ0v) is 18.1. The van der Waals surface area contributed by atoms with Gasteiger partial charge in [-0.3, -0.25) is 4.99 Å². The van der Waals surface area contributed by atoms with Crippen LogP contribution in [0.15, 0.2) is 27.7 Å². The number of rotatable bonds is 3. The summed E-state index contributed by atoms with van der Waals surface area (Å²) in [6.45, 7) is 3.38. The Hall–Kier alpha value is -0.450. The van der Waals surface area contributed by atoms with E-state index in [1.807, 2.05) is 6.07 Å². The minimum Gasteiger partial charge on any atom is -0.375 e. The highest BCUT2D eigenvalue weighted by Crippen LogP contribution is 2.21. The van der Waals surface area contributed by atoms with Crippen LogP contribution in [0, 0.1) is 5.82 Å². The first-order valence-corrected chi connectivity index (χ1v) is 9.09. The predicted molar refractivity (Wildman–Crippen MR) is 110 cm³/mol. The molecule has 0 aliphatic carbocycles. The van der Waals surface area contributed by atoms with Gasteiger partial charge in [0.2, 0.25) is 0 Å². The summed E-state index contributed by atoms with van der Waals surface area (Å²) >= 11 is 3.27. The first-order chi connectivity index (χ1) is 11.7. The lowest BCUT2D eigenvalue weighted by Gasteiger charge is -2.37. The molecule has 1 aromatic carbocycles. The second-order valence-corrected chi connectivity index (χ2v) is 6.96. The van der Waals surface area contributed by atoms with Crippen molar-refractivity contribution in [1.29, 1.82) is 0 Å². The molecule has 2 atom stereocenters. The number of hydrogen-bond acceptors (Lipinski definition) is 3. The largest absolute Gasteiger partial charge is 0.375 e. The van der Waals surface area contributed by atoms with Crippen molar-refractivity contribution in [3.05, 3.63) is 34.1 Å². The van der Waals surface area contributed by atoms with Crippen LogP contribution in [0.3, 0.4) is 0 Å². The monoisotopic (exact) mass is 527 g/mol. The fraction of sp³-hybridized carbons (Fsp3) is 0.588. The predicted octanol–water partition coefficient (Wildman–Crippen LogP) is 3.16. The molecule has 0 spiro atoms. The first-order valence-electron chi connectivity index (χ1n) is 8.30. The van der Waals surface area contributed by atoms with E-state index in [2.05, 4.69) is 31.1 Å². The highest BCUT2D eigenvalue weighted by atomic mass is 127. The lowest BCUT2D eigenvalue weighted by molar-refractivity contribution is -0.0817. The van der Waals surface area contributed by atoms with E-state index in [0.29, 0.717) is 18.7 Å². The molecule has 0 amide bonds. The number of guanidine groups is 1. The standard InChI is InChI=1S/C17H23BrFN3O2.HI/c1-20-17(21-10-12-4-5-13(18)9-14(12)19)22-6-8-24-16(11-22)15-3-2-7-23-15;/h4-5,9,15-16H,2-3,6-8,10-11H2,1H3,(H,20,21);1H. The summed E-state index contributed by atoms with van der Waals surface area (Å²) in [5.41, 5.74) is 0.614. The lowest BCUT2D eigenvalue weighted by Crippen LogP contribution is -2.53. The Morgan fingerprint density at radius 3 is 2.84 bits per heavy atom. The summed E-state index contributed by atoms with van der Waals surface area (Å²) in [5, 5.41) is 3.25. The number of nitrogens with zero attached hydrogens (tertiary/aromatic N) is 2. The second kappa shape index (κ2) is 10.0. The summed E-state index contributed by atoms with van der Waals surface area (Å²) in [5.74, 6) is 0.537. The molecule has 0 bridgehead atoms. The molecule has 140 valence electrons. The van der Waals surface area contributed by atoms with Crippen molar-refractivity contribution < 1.29 is 13.9 Å². The SMILES string of the molecule is CN=C(NCc1ccc(Br)cc1F)N1CCOC(C2CCCO2)C1.I. The molecule has 2 saturated heterocycles. The van der Waals surface area contributed by atoms with Crippen LogP contribution in [0.2, 0.25) is 0 Å². The topological polar surface area (TPSA) is 46.1 Å². The molecule has 2 fully saturated rings. The highest BCUT2D eigenvalue weighted by molar-refractivity contribution is 14.0. The van der Waals surface area contributed by atoms with E-state index in [4.69, 9.17) is 9.47 Å². The van der Waals surface area contributed by atoms with Crippen LogP contribution in [0.5, 0.6) is 0 Å². The molecule has 0 radical (unpaired) electrons. The van der Waals surface area contributed by atoms with Crippen molar-refractivity contribution in [3.63, 3.8) is 0 Å². The molecular weight excluding hydrogens is 504 g/mol. The molecule has 2 unspecified atom stereocenters. The van der Waals surface area contributed by atoms with Gasteiger partial charge in [0.1, 0.15) is 11.9 Å². The van der Waals surface area contributed by atoms with E-state index in [9.17, 15) is 4.39 Å². The zero-order chi connectivity index (χ0) is 16.9. The molecule has 2 aliphatic heterocycles. The van der Waals surface area contributed by atoms with Crippen LogP contribution in [0.1, 0.15) is 18.4 Å². The maximum absolute atomic E-state index is 14.0. The van der Waals surface area contributed by atoms with E-state index >= 15 is 0 Å². The first kappa shape index (κ1) is 20.9. The molecule has 8 heteroatoms. The van der Waals surface area contributed by atoms with Gasteiger partial charge in [0, 0.05) is 43.3 Å². The minimum atomic E-state index is -0.230. The third kappa shape index (κ3) is 5.51. The van der Waals surface area contributed by atoms with Crippen LogP contribution in [0.25, 0.3) is 0 Å². The number of aliphatic imine (C=N–C) groups is 1. The number of hydrogen-bond donors (Lipinski definition) is 1. The fourth-order valence-corrected chi connectivity index (χ4v) is 3.49. The summed E-state index contributed by atoms with van der Waals surface area (Å²) in [4.78, 5) is 6.50. The lowest BCUT2D eigenvalue weighted by atomic mass is 10.1. The van der Waals surface area contributed by atoms with Gasteiger partial charge in [-0.15, -0.1) is 24.0 Å². The number of benzene rings is 1. The van der Waals surface area contributed by atoms with Crippen molar-refractivity contribution in [3.8, 4) is 0 Å². The van der Waals surface area contributed by atoms with Gasteiger partial charge in [-0.05, 0) is 25.0 Å². The average molecular weight is 528 g/mol. The molecule has 2 aliphatic rings. The van der Waals surface area contributed by atoms with Crippen molar-refractivity contribution in [2.45, 2.75) is 31.6 Å². The third-order valence-electron chi connectivity index (χ3n) is 4.44. The fourth-order valence-electron chi connectivity index (χ4n) is 3.16. The van der Waals surface area contributed by atoms with Crippen LogP contribution in [0.4, 0.5) is 4.39 Å². The quantitative estimate of drug-likeness (QED) is 0.372. The van der Waals surface area contributed by atoms with Crippen LogP contribution >= 0.6 is 39.9 Å². The van der Waals surface area contributed by atoms with Gasteiger partial charge in [-0.2, -0.15) is 0 Å². The normalized spacial score (nSPS) is 24.1. The molecule has 2 heterocycles. The van der Waals surface area contributed by atoms with E-state index in [1.165, 1.54) is 6.07 Å². The number of ether oxygens (including phenoxy) is 2. The molecule has 1 aromatic rings. The zero-order valence-electron chi connectivity index (χ0n) is 14.2. The Balaban J connectivity index is 0.00000225. The van der Waals surface area contributed by atoms with Gasteiger partial charge in [-0.25, -0.2) is 4.39 Å². The minimum absolute atomic E-state index is 0. The Morgan fingerprint density at radius 1 is 1.36 bits per heavy atom. The number of morpholine rings is 1. The van der Waals surface area contributed by atoms with E-state index in [1.54, 1.807) is 13.1 Å². The van der Waals surface area contributed by atoms with Crippen LogP contribution in [-0.4, -0.2) is 56.4 Å². The smallest absolute Gasteiger partial charge is 0.194 e. The Bertz CT molecular complexity index is 599. The van der Waals surface area contributed by atoms with Crippen LogP contribution < -0.4 is 5.32 Å². The van der Waals surface area contributed by atoms with Gasteiger partial charge < -0.3 is 19.7 Å². The average Bonchev–Trinajstić information content (AvgIpc) is 3.12. The Labute approximate surface area is 173 Å². The molecule has 5 nitrogen and oxygen atoms in total. The summed E-state index contributed by atoms with van der Waals surface area (Å²) in [6.07, 6.45) is 2.40. The molecule has 0 aromatic heterocycles. The van der Waals surface area contributed by atoms with Gasteiger partial charge >= 0.3 is 0 Å². The number of nitrogens with one attached hydrogen (secondary N) is 1. The van der Waals surface area contributed by atoms with Crippen molar-refractivity contribution in [1.82, 2.24) is 10.2 Å². The van der Waals surface area contributed by atoms with E-state index in [0.717, 1.165) is 43.0 Å². The van der Waals surface area contributed by atoms with Crippen molar-refractivity contribution >= 4 is 45.9 Å². The molecule has 1 N–H and O–H groups in total. The van der Waals surface area contributed by atoms with E-state index in [-0.39, 0.29) is 42.0 Å². The maximum atomic E-state index is 14.0. The summed E-state index contributed by atoms with van der Waals surface area (Å²) < 4.78 is 26.3. The highest BCUT2D eigenvalue weighted by Gasteiger charge is 2.32. The summed E-state index contributed by atoms with van der Waals surface area (Å²) in [6, 6.07) is 5.08. The summed E-state index contributed by atoms with van der Waals surface area (Å²) in [7, 11) is 1.75. The second-order valence-electron chi connectivity index (χ2n) is 6.04. The molecular formula is C17H24BrFIN3O2. The van der Waals surface area contributed by atoms with Gasteiger partial charge in [0.15, 0.2) is 5.96 Å². The van der Waals surface area contributed by atoms with Crippen LogP contribution in [-0.2, 0) is 16.0 Å². The molecule has 25 heavy (non-hydrogen) atoms. The van der Waals surface area contributed by atoms with Crippen molar-refractivity contribution in [2.75, 3.05) is 33.4 Å². The van der Waals surface area contributed by atoms with Gasteiger partial charge in [-0.1, -0.05) is 22.0 Å². The van der Waals surface area contributed by atoms with Crippen molar-refractivity contribution in [2.24, 2.45) is 4.99 Å². The molecule has 3 rings (SSSR count). The van der Waals surface area contributed by atoms with E-state index < -0.39 is 0 Å².